The molecule has 1 fully saturated rings. The van der Waals surface area contributed by atoms with Crippen molar-refractivity contribution in [2.75, 3.05) is 19.7 Å². The lowest BCUT2D eigenvalue weighted by Crippen LogP contribution is -2.36. The summed E-state index contributed by atoms with van der Waals surface area (Å²) in [6.45, 7) is 5.77. The molecule has 17 heavy (non-hydrogen) atoms. The van der Waals surface area contributed by atoms with E-state index in [0.29, 0.717) is 12.5 Å². The second kappa shape index (κ2) is 6.18. The Labute approximate surface area is 104 Å². The van der Waals surface area contributed by atoms with Gasteiger partial charge in [-0.1, -0.05) is 31.2 Å². The van der Waals surface area contributed by atoms with Gasteiger partial charge >= 0.3 is 0 Å². The predicted octanol–water partition coefficient (Wildman–Crippen LogP) is 2.45. The molecule has 0 radical (unpaired) electrons. The molecule has 94 valence electrons. The fourth-order valence-corrected chi connectivity index (χ4v) is 2.58. The normalized spacial score (nSPS) is 21.6. The van der Waals surface area contributed by atoms with Crippen molar-refractivity contribution in [1.29, 1.82) is 0 Å². The first-order chi connectivity index (χ1) is 8.31. The van der Waals surface area contributed by atoms with Crippen molar-refractivity contribution in [2.45, 2.75) is 32.7 Å². The first-order valence-corrected chi connectivity index (χ1v) is 6.73. The first kappa shape index (κ1) is 12.6. The summed E-state index contributed by atoms with van der Waals surface area (Å²) in [5.74, 6) is 0.485. The minimum atomic E-state index is 0.339. The maximum atomic E-state index is 9.22. The Morgan fingerprint density at radius 1 is 1.24 bits per heavy atom. The number of rotatable bonds is 4. The third-order valence-electron chi connectivity index (χ3n) is 3.70. The van der Waals surface area contributed by atoms with Crippen LogP contribution in [0.1, 0.15) is 30.9 Å². The summed E-state index contributed by atoms with van der Waals surface area (Å²) in [5, 5.41) is 9.22. The van der Waals surface area contributed by atoms with Crippen molar-refractivity contribution in [2.24, 2.45) is 5.92 Å². The summed E-state index contributed by atoms with van der Waals surface area (Å²) in [6, 6.07) is 8.92. The van der Waals surface area contributed by atoms with Crippen LogP contribution in [-0.2, 0) is 13.0 Å². The highest BCUT2D eigenvalue weighted by atomic mass is 16.3. The van der Waals surface area contributed by atoms with Crippen LogP contribution in [0.4, 0.5) is 0 Å². The molecule has 1 saturated heterocycles. The van der Waals surface area contributed by atoms with E-state index >= 15 is 0 Å². The Kier molecular flexibility index (Phi) is 4.57. The Balaban J connectivity index is 1.90. The lowest BCUT2D eigenvalue weighted by atomic mass is 9.98. The van der Waals surface area contributed by atoms with Gasteiger partial charge in [0.1, 0.15) is 0 Å². The highest BCUT2D eigenvalue weighted by Gasteiger charge is 2.18. The average Bonchev–Trinajstić information content (AvgIpc) is 2.40. The molecule has 2 nitrogen and oxygen atoms in total. The van der Waals surface area contributed by atoms with Crippen LogP contribution < -0.4 is 0 Å². The van der Waals surface area contributed by atoms with Gasteiger partial charge in [0.25, 0.3) is 0 Å². The summed E-state index contributed by atoms with van der Waals surface area (Å²) < 4.78 is 0. The number of hydrogen-bond acceptors (Lipinski definition) is 2. The van der Waals surface area contributed by atoms with Crippen LogP contribution in [0.15, 0.2) is 24.3 Å². The van der Waals surface area contributed by atoms with E-state index in [1.165, 1.54) is 30.5 Å². The van der Waals surface area contributed by atoms with Crippen LogP contribution in [0, 0.1) is 5.92 Å². The van der Waals surface area contributed by atoms with E-state index in [2.05, 4.69) is 36.1 Å². The van der Waals surface area contributed by atoms with Gasteiger partial charge in [0.05, 0.1) is 0 Å². The van der Waals surface area contributed by atoms with Gasteiger partial charge in [-0.2, -0.15) is 0 Å². The van der Waals surface area contributed by atoms with Crippen LogP contribution in [0.5, 0.6) is 0 Å². The van der Waals surface area contributed by atoms with Gasteiger partial charge in [0, 0.05) is 19.7 Å². The maximum Gasteiger partial charge on any atom is 0.0471 e. The molecule has 0 amide bonds. The standard InChI is InChI=1S/C15H23NO/c1-2-13-5-7-14(8-6-13)10-16-9-3-4-15(11-16)12-17/h5-8,15,17H,2-4,9-12H2,1H3/t15-/m1/s1. The van der Waals surface area contributed by atoms with Gasteiger partial charge in [-0.3, -0.25) is 4.90 Å². The third kappa shape index (κ3) is 3.55. The molecular formula is C15H23NO. The molecule has 1 aromatic carbocycles. The zero-order valence-corrected chi connectivity index (χ0v) is 10.7. The van der Waals surface area contributed by atoms with E-state index in [9.17, 15) is 5.11 Å². The van der Waals surface area contributed by atoms with Gasteiger partial charge < -0.3 is 5.11 Å². The third-order valence-corrected chi connectivity index (χ3v) is 3.70. The number of benzene rings is 1. The van der Waals surface area contributed by atoms with Crippen LogP contribution in [-0.4, -0.2) is 29.7 Å². The summed E-state index contributed by atoms with van der Waals surface area (Å²) >= 11 is 0. The molecule has 1 atom stereocenters. The highest BCUT2D eigenvalue weighted by molar-refractivity contribution is 5.22. The van der Waals surface area contributed by atoms with Crippen LogP contribution in [0.2, 0.25) is 0 Å². The van der Waals surface area contributed by atoms with Crippen molar-refractivity contribution in [1.82, 2.24) is 4.90 Å². The number of aryl methyl sites for hydroxylation is 1. The number of nitrogens with zero attached hydrogens (tertiary/aromatic N) is 1. The van der Waals surface area contributed by atoms with E-state index in [4.69, 9.17) is 0 Å². The van der Waals surface area contributed by atoms with Crippen molar-refractivity contribution in [3.63, 3.8) is 0 Å². The van der Waals surface area contributed by atoms with Gasteiger partial charge in [0.2, 0.25) is 0 Å². The summed E-state index contributed by atoms with van der Waals surface area (Å²) in [6.07, 6.45) is 3.51. The molecule has 1 aliphatic rings. The minimum absolute atomic E-state index is 0.339. The van der Waals surface area contributed by atoms with Crippen molar-refractivity contribution >= 4 is 0 Å². The largest absolute Gasteiger partial charge is 0.396 e. The molecule has 2 rings (SSSR count). The molecular weight excluding hydrogens is 210 g/mol. The van der Waals surface area contributed by atoms with E-state index in [1.807, 2.05) is 0 Å². The molecule has 0 spiro atoms. The predicted molar refractivity (Wildman–Crippen MR) is 70.9 cm³/mol. The molecule has 0 unspecified atom stereocenters. The molecule has 1 heterocycles. The van der Waals surface area contributed by atoms with Crippen LogP contribution in [0.3, 0.4) is 0 Å². The van der Waals surface area contributed by atoms with Gasteiger partial charge in [-0.15, -0.1) is 0 Å². The highest BCUT2D eigenvalue weighted by Crippen LogP contribution is 2.18. The second-order valence-corrected chi connectivity index (χ2v) is 5.10. The number of aliphatic hydroxyl groups is 1. The summed E-state index contributed by atoms with van der Waals surface area (Å²) in [4.78, 5) is 2.46. The Morgan fingerprint density at radius 3 is 2.59 bits per heavy atom. The summed E-state index contributed by atoms with van der Waals surface area (Å²) in [7, 11) is 0. The summed E-state index contributed by atoms with van der Waals surface area (Å²) in [5.41, 5.74) is 2.79. The minimum Gasteiger partial charge on any atom is -0.396 e. The van der Waals surface area contributed by atoms with Crippen molar-refractivity contribution in [3.8, 4) is 0 Å². The topological polar surface area (TPSA) is 23.5 Å². The molecule has 2 heteroatoms. The Morgan fingerprint density at radius 2 is 1.94 bits per heavy atom. The quantitative estimate of drug-likeness (QED) is 0.863. The first-order valence-electron chi connectivity index (χ1n) is 6.73. The number of hydrogen-bond donors (Lipinski definition) is 1. The van der Waals surface area contributed by atoms with E-state index < -0.39 is 0 Å². The second-order valence-electron chi connectivity index (χ2n) is 5.10. The molecule has 1 aliphatic heterocycles. The Hall–Kier alpha value is -0.860. The smallest absolute Gasteiger partial charge is 0.0471 e. The van der Waals surface area contributed by atoms with Gasteiger partial charge in [-0.05, 0) is 42.9 Å². The number of piperidine rings is 1. The number of aliphatic hydroxyl groups excluding tert-OH is 1. The monoisotopic (exact) mass is 233 g/mol. The van der Waals surface area contributed by atoms with Crippen molar-refractivity contribution < 1.29 is 5.11 Å². The maximum absolute atomic E-state index is 9.22. The lowest BCUT2D eigenvalue weighted by molar-refractivity contribution is 0.116. The zero-order chi connectivity index (χ0) is 12.1. The molecule has 0 bridgehead atoms. The number of likely N-dealkylation sites (tertiary alicyclic amines) is 1. The Bertz CT molecular complexity index is 333. The van der Waals surface area contributed by atoms with Crippen LogP contribution >= 0.6 is 0 Å². The SMILES string of the molecule is CCc1ccc(CN2CCC[C@@H](CO)C2)cc1. The molecule has 0 saturated carbocycles. The van der Waals surface area contributed by atoms with Gasteiger partial charge in [0.15, 0.2) is 0 Å². The zero-order valence-electron chi connectivity index (χ0n) is 10.7. The lowest BCUT2D eigenvalue weighted by Gasteiger charge is -2.31. The fraction of sp³-hybridized carbons (Fsp3) is 0.600. The fourth-order valence-electron chi connectivity index (χ4n) is 2.58. The van der Waals surface area contributed by atoms with Crippen LogP contribution in [0.25, 0.3) is 0 Å². The molecule has 1 aromatic rings. The molecule has 1 N–H and O–H groups in total. The van der Waals surface area contributed by atoms with Crippen molar-refractivity contribution in [3.05, 3.63) is 35.4 Å². The van der Waals surface area contributed by atoms with E-state index in [0.717, 1.165) is 19.5 Å². The molecule has 0 aromatic heterocycles. The van der Waals surface area contributed by atoms with E-state index in [1.54, 1.807) is 0 Å². The molecule has 0 aliphatic carbocycles. The van der Waals surface area contributed by atoms with Gasteiger partial charge in [-0.25, -0.2) is 0 Å². The van der Waals surface area contributed by atoms with E-state index in [-0.39, 0.29) is 0 Å². The average molecular weight is 233 g/mol.